The molecule has 0 aromatic heterocycles. The average molecular weight is 274 g/mol. The molecule has 0 bridgehead atoms. The van der Waals surface area contributed by atoms with Gasteiger partial charge in [0.05, 0.1) is 6.54 Å². The first-order chi connectivity index (χ1) is 9.56. The fourth-order valence-corrected chi connectivity index (χ4v) is 3.19. The van der Waals surface area contributed by atoms with E-state index < -0.39 is 0 Å². The number of hydrogen-bond donors (Lipinski definition) is 1. The lowest BCUT2D eigenvalue weighted by Crippen LogP contribution is -2.31. The van der Waals surface area contributed by atoms with Crippen LogP contribution in [0.4, 0.5) is 16.2 Å². The predicted molar refractivity (Wildman–Crippen MR) is 80.2 cm³/mol. The molecule has 4 nitrogen and oxygen atoms in total. The summed E-state index contributed by atoms with van der Waals surface area (Å²) in [5.41, 5.74) is 2.33. The maximum Gasteiger partial charge on any atom is 0.414 e. The van der Waals surface area contributed by atoms with Crippen LogP contribution in [0.3, 0.4) is 0 Å². The average Bonchev–Trinajstić information content (AvgIpc) is 2.97. The Bertz CT molecular complexity index is 513. The van der Waals surface area contributed by atoms with Gasteiger partial charge in [-0.25, -0.2) is 4.79 Å². The summed E-state index contributed by atoms with van der Waals surface area (Å²) in [6, 6.07) is 8.56. The van der Waals surface area contributed by atoms with Crippen molar-refractivity contribution in [3.8, 4) is 0 Å². The Morgan fingerprint density at radius 1 is 1.40 bits per heavy atom. The molecule has 1 unspecified atom stereocenters. The van der Waals surface area contributed by atoms with Crippen LogP contribution in [0.25, 0.3) is 0 Å². The molecule has 20 heavy (non-hydrogen) atoms. The van der Waals surface area contributed by atoms with Crippen molar-refractivity contribution in [2.75, 3.05) is 23.4 Å². The number of benzene rings is 1. The van der Waals surface area contributed by atoms with Gasteiger partial charge in [-0.2, -0.15) is 0 Å². The van der Waals surface area contributed by atoms with Crippen LogP contribution in [-0.4, -0.2) is 25.3 Å². The maximum absolute atomic E-state index is 11.6. The van der Waals surface area contributed by atoms with Gasteiger partial charge >= 0.3 is 6.09 Å². The lowest BCUT2D eigenvalue weighted by atomic mass is 9.87. The fraction of sp³-hybridized carbons (Fsp3) is 0.562. The normalized spacial score (nSPS) is 24.8. The number of carbonyl (C=O) groups excluding carboxylic acids is 1. The summed E-state index contributed by atoms with van der Waals surface area (Å²) in [4.78, 5) is 13.3. The number of nitrogens with one attached hydrogen (secondary N) is 1. The van der Waals surface area contributed by atoms with E-state index in [0.717, 1.165) is 11.4 Å². The van der Waals surface area contributed by atoms with Crippen LogP contribution in [0.2, 0.25) is 0 Å². The summed E-state index contributed by atoms with van der Waals surface area (Å²) in [7, 11) is 0. The molecule has 1 atom stereocenters. The van der Waals surface area contributed by atoms with E-state index in [9.17, 15) is 4.79 Å². The van der Waals surface area contributed by atoms with E-state index in [-0.39, 0.29) is 6.09 Å². The summed E-state index contributed by atoms with van der Waals surface area (Å²) in [5, 5.41) is 3.63. The molecule has 1 aromatic rings. The van der Waals surface area contributed by atoms with E-state index in [1.165, 1.54) is 19.3 Å². The summed E-state index contributed by atoms with van der Waals surface area (Å²) in [5.74, 6) is 0. The lowest BCUT2D eigenvalue weighted by molar-refractivity contribution is 0.181. The fourth-order valence-electron chi connectivity index (χ4n) is 3.19. The Balaban J connectivity index is 1.76. The Labute approximate surface area is 120 Å². The molecule has 2 fully saturated rings. The molecule has 0 radical (unpaired) electrons. The summed E-state index contributed by atoms with van der Waals surface area (Å²) >= 11 is 0. The van der Waals surface area contributed by atoms with Crippen LogP contribution < -0.4 is 10.2 Å². The van der Waals surface area contributed by atoms with Gasteiger partial charge in [0.1, 0.15) is 6.61 Å². The highest BCUT2D eigenvalue weighted by Crippen LogP contribution is 2.39. The number of cyclic esters (lactones) is 1. The zero-order valence-corrected chi connectivity index (χ0v) is 12.2. The lowest BCUT2D eigenvalue weighted by Gasteiger charge is -2.29. The third kappa shape index (κ3) is 2.47. The molecule has 1 amide bonds. The minimum Gasteiger partial charge on any atom is -0.447 e. The first kappa shape index (κ1) is 13.3. The van der Waals surface area contributed by atoms with Crippen LogP contribution in [0.5, 0.6) is 0 Å². The van der Waals surface area contributed by atoms with E-state index in [2.05, 4.69) is 25.2 Å². The van der Waals surface area contributed by atoms with Gasteiger partial charge in [-0.05, 0) is 36.5 Å². The molecule has 1 aliphatic heterocycles. The van der Waals surface area contributed by atoms with Gasteiger partial charge in [0.2, 0.25) is 0 Å². The van der Waals surface area contributed by atoms with Crippen LogP contribution in [0.1, 0.15) is 33.1 Å². The molecule has 0 spiro atoms. The van der Waals surface area contributed by atoms with Crippen molar-refractivity contribution in [2.24, 2.45) is 5.41 Å². The quantitative estimate of drug-likeness (QED) is 0.915. The molecule has 1 N–H and O–H groups in total. The Kier molecular flexibility index (Phi) is 3.32. The van der Waals surface area contributed by atoms with Crippen molar-refractivity contribution in [1.29, 1.82) is 0 Å². The third-order valence-corrected chi connectivity index (χ3v) is 4.52. The van der Waals surface area contributed by atoms with Gasteiger partial charge < -0.3 is 10.1 Å². The number of hydrogen-bond acceptors (Lipinski definition) is 3. The molecule has 2 aliphatic rings. The molecule has 1 aromatic carbocycles. The second kappa shape index (κ2) is 5.00. The van der Waals surface area contributed by atoms with E-state index in [1.807, 2.05) is 18.2 Å². The number of carbonyl (C=O) groups is 1. The molecule has 1 aliphatic carbocycles. The van der Waals surface area contributed by atoms with Gasteiger partial charge in [0.25, 0.3) is 0 Å². The van der Waals surface area contributed by atoms with Gasteiger partial charge in [-0.15, -0.1) is 0 Å². The number of nitrogens with zero attached hydrogens (tertiary/aromatic N) is 1. The van der Waals surface area contributed by atoms with Gasteiger partial charge in [-0.1, -0.05) is 26.3 Å². The molecular formula is C16H22N2O2. The summed E-state index contributed by atoms with van der Waals surface area (Å²) in [6.07, 6.45) is 3.51. The molecule has 4 heteroatoms. The van der Waals surface area contributed by atoms with Gasteiger partial charge in [0, 0.05) is 17.4 Å². The summed E-state index contributed by atoms with van der Waals surface area (Å²) in [6.45, 7) is 5.75. The Morgan fingerprint density at radius 3 is 2.90 bits per heavy atom. The number of amides is 1. The zero-order chi connectivity index (χ0) is 14.2. The first-order valence-corrected chi connectivity index (χ1v) is 7.37. The highest BCUT2D eigenvalue weighted by Gasteiger charge is 2.34. The highest BCUT2D eigenvalue weighted by atomic mass is 16.6. The number of rotatable bonds is 3. The van der Waals surface area contributed by atoms with Crippen molar-refractivity contribution in [2.45, 2.75) is 39.2 Å². The molecule has 1 saturated heterocycles. The number of anilines is 2. The van der Waals surface area contributed by atoms with Crippen LogP contribution in [0, 0.1) is 5.41 Å². The molecule has 1 heterocycles. The molecule has 108 valence electrons. The van der Waals surface area contributed by atoms with Crippen molar-refractivity contribution in [1.82, 2.24) is 0 Å². The SMILES string of the molecule is CC1(C)CCCC1Nc1cccc(N2CCOC2=O)c1. The van der Waals surface area contributed by atoms with Gasteiger partial charge in [-0.3, -0.25) is 4.90 Å². The van der Waals surface area contributed by atoms with Crippen LogP contribution >= 0.6 is 0 Å². The van der Waals surface area contributed by atoms with Crippen molar-refractivity contribution in [3.05, 3.63) is 24.3 Å². The Hall–Kier alpha value is -1.71. The minimum absolute atomic E-state index is 0.247. The van der Waals surface area contributed by atoms with Crippen molar-refractivity contribution >= 4 is 17.5 Å². The molecule has 1 saturated carbocycles. The topological polar surface area (TPSA) is 41.6 Å². The van der Waals surface area contributed by atoms with Crippen LogP contribution in [-0.2, 0) is 4.74 Å². The van der Waals surface area contributed by atoms with E-state index in [0.29, 0.717) is 24.6 Å². The minimum atomic E-state index is -0.247. The second-order valence-electron chi connectivity index (χ2n) is 6.39. The molecular weight excluding hydrogens is 252 g/mol. The first-order valence-electron chi connectivity index (χ1n) is 7.37. The molecule has 3 rings (SSSR count). The smallest absolute Gasteiger partial charge is 0.414 e. The Morgan fingerprint density at radius 2 is 2.25 bits per heavy atom. The monoisotopic (exact) mass is 274 g/mol. The largest absolute Gasteiger partial charge is 0.447 e. The van der Waals surface area contributed by atoms with E-state index in [4.69, 9.17) is 4.74 Å². The van der Waals surface area contributed by atoms with Gasteiger partial charge in [0.15, 0.2) is 0 Å². The standard InChI is InChI=1S/C16H22N2O2/c1-16(2)8-4-7-14(16)17-12-5-3-6-13(11-12)18-9-10-20-15(18)19/h3,5-6,11,14,17H,4,7-10H2,1-2H3. The second-order valence-corrected chi connectivity index (χ2v) is 6.39. The third-order valence-electron chi connectivity index (χ3n) is 4.52. The zero-order valence-electron chi connectivity index (χ0n) is 12.2. The highest BCUT2D eigenvalue weighted by molar-refractivity contribution is 5.89. The van der Waals surface area contributed by atoms with E-state index >= 15 is 0 Å². The van der Waals surface area contributed by atoms with E-state index in [1.54, 1.807) is 4.90 Å². The summed E-state index contributed by atoms with van der Waals surface area (Å²) < 4.78 is 4.99. The van der Waals surface area contributed by atoms with Crippen molar-refractivity contribution in [3.63, 3.8) is 0 Å². The van der Waals surface area contributed by atoms with Crippen molar-refractivity contribution < 1.29 is 9.53 Å². The van der Waals surface area contributed by atoms with Crippen LogP contribution in [0.15, 0.2) is 24.3 Å². The number of ether oxygens (including phenoxy) is 1. The maximum atomic E-state index is 11.6. The predicted octanol–water partition coefficient (Wildman–Crippen LogP) is 3.63.